The smallest absolute Gasteiger partial charge is 0.305 e. The van der Waals surface area contributed by atoms with Gasteiger partial charge in [0.15, 0.2) is 5.78 Å². The number of aliphatic carboxylic acids is 1. The Labute approximate surface area is 241 Å². The molecular weight excluding hydrogens is 538 g/mol. The molecule has 42 heavy (non-hydrogen) atoms. The fourth-order valence-corrected chi connectivity index (χ4v) is 4.34. The predicted octanol–water partition coefficient (Wildman–Crippen LogP) is 3.98. The number of nitrogens with zero attached hydrogens (tertiary/aromatic N) is 1. The number of Topliss-reactive ketones (excluding diaryl/α,β-unsaturated/α-hetero) is 1. The van der Waals surface area contributed by atoms with Gasteiger partial charge >= 0.3 is 5.97 Å². The molecule has 0 aliphatic carbocycles. The van der Waals surface area contributed by atoms with Gasteiger partial charge < -0.3 is 25.0 Å². The number of carbonyl (C=O) groups is 4. The summed E-state index contributed by atoms with van der Waals surface area (Å²) in [6.45, 7) is 3.19. The molecule has 0 aliphatic heterocycles. The summed E-state index contributed by atoms with van der Waals surface area (Å²) >= 11 is 0. The Hall–Kier alpha value is -5.51. The Morgan fingerprint density at radius 2 is 1.64 bits per heavy atom. The summed E-state index contributed by atoms with van der Waals surface area (Å²) in [6.07, 6.45) is 2.10. The molecule has 2 amide bonds. The molecule has 10 nitrogen and oxygen atoms in total. The maximum atomic E-state index is 13.4. The summed E-state index contributed by atoms with van der Waals surface area (Å²) in [5, 5.41) is 16.2. The van der Waals surface area contributed by atoms with Crippen LogP contribution in [0.3, 0.4) is 0 Å². The van der Waals surface area contributed by atoms with E-state index in [1.807, 2.05) is 24.3 Å². The molecule has 1 aromatic heterocycles. The zero-order valence-corrected chi connectivity index (χ0v) is 22.6. The van der Waals surface area contributed by atoms with Crippen molar-refractivity contribution in [2.45, 2.75) is 24.9 Å². The Kier molecular flexibility index (Phi) is 9.62. The number of aromatic nitrogens is 1. The Morgan fingerprint density at radius 1 is 0.929 bits per heavy atom. The van der Waals surface area contributed by atoms with Crippen LogP contribution < -0.4 is 20.9 Å². The second-order valence-electron chi connectivity index (χ2n) is 9.42. The van der Waals surface area contributed by atoms with Crippen LogP contribution in [0.2, 0.25) is 0 Å². The number of carboxylic acids is 1. The molecule has 3 N–H and O–H groups in total. The van der Waals surface area contributed by atoms with Crippen molar-refractivity contribution in [1.82, 2.24) is 9.88 Å². The van der Waals surface area contributed by atoms with Crippen LogP contribution in [0.5, 0.6) is 5.75 Å². The lowest BCUT2D eigenvalue weighted by Gasteiger charge is -2.22. The summed E-state index contributed by atoms with van der Waals surface area (Å²) in [5.41, 5.74) is -0.384. The molecule has 1 unspecified atom stereocenters. The number of para-hydroxylation sites is 1. The quantitative estimate of drug-likeness (QED) is 0.207. The number of ketones is 1. The van der Waals surface area contributed by atoms with Crippen LogP contribution >= 0.6 is 0 Å². The molecule has 4 rings (SSSR count). The first-order chi connectivity index (χ1) is 20.3. The first-order valence-corrected chi connectivity index (χ1v) is 13.1. The molecule has 0 spiro atoms. The molecule has 0 saturated heterocycles. The Morgan fingerprint density at radius 3 is 2.36 bits per heavy atom. The molecular formula is C32H29N3O7. The highest BCUT2D eigenvalue weighted by Crippen LogP contribution is 2.18. The van der Waals surface area contributed by atoms with Crippen molar-refractivity contribution >= 4 is 40.0 Å². The van der Waals surface area contributed by atoms with Crippen molar-refractivity contribution in [1.29, 1.82) is 0 Å². The molecule has 0 aliphatic rings. The Balaban J connectivity index is 1.52. The van der Waals surface area contributed by atoms with Crippen LogP contribution in [0.25, 0.3) is 10.8 Å². The molecule has 0 saturated carbocycles. The second-order valence-corrected chi connectivity index (χ2v) is 9.42. The van der Waals surface area contributed by atoms with E-state index < -0.39 is 54.2 Å². The number of anilines is 1. The number of nitrogens with one attached hydrogen (secondary N) is 2. The first kappa shape index (κ1) is 29.5. The second kappa shape index (κ2) is 13.7. The van der Waals surface area contributed by atoms with E-state index in [9.17, 15) is 29.1 Å². The van der Waals surface area contributed by atoms with E-state index in [1.54, 1.807) is 48.5 Å². The van der Waals surface area contributed by atoms with E-state index in [2.05, 4.69) is 17.2 Å². The predicted molar refractivity (Wildman–Crippen MR) is 158 cm³/mol. The largest absolute Gasteiger partial charge is 0.486 e. The minimum absolute atomic E-state index is 0.0116. The van der Waals surface area contributed by atoms with Crippen LogP contribution in [0.1, 0.15) is 29.2 Å². The SMILES string of the molecule is C=CCC(C(=O)N[C@@H](CC(=O)O)C(=O)COc1ccccc1)n1cccc(NC(=O)c2ccc3ccccc3c2)c1=O. The van der Waals surface area contributed by atoms with Gasteiger partial charge in [-0.1, -0.05) is 54.6 Å². The first-order valence-electron chi connectivity index (χ1n) is 13.1. The van der Waals surface area contributed by atoms with Crippen LogP contribution in [0, 0.1) is 0 Å². The number of amides is 2. The fourth-order valence-electron chi connectivity index (χ4n) is 4.34. The van der Waals surface area contributed by atoms with E-state index in [4.69, 9.17) is 4.74 Å². The number of carboxylic acid groups (broad SMARTS) is 1. The normalized spacial score (nSPS) is 12.1. The highest BCUT2D eigenvalue weighted by molar-refractivity contribution is 6.06. The molecule has 3 aromatic carbocycles. The van der Waals surface area contributed by atoms with Crippen LogP contribution in [-0.4, -0.2) is 45.9 Å². The Bertz CT molecular complexity index is 1680. The maximum Gasteiger partial charge on any atom is 0.305 e. The van der Waals surface area contributed by atoms with Crippen LogP contribution in [0.4, 0.5) is 5.69 Å². The van der Waals surface area contributed by atoms with E-state index in [0.717, 1.165) is 15.3 Å². The van der Waals surface area contributed by atoms with Crippen molar-refractivity contribution in [3.8, 4) is 5.75 Å². The molecule has 10 heteroatoms. The van der Waals surface area contributed by atoms with Gasteiger partial charge in [-0.15, -0.1) is 6.58 Å². The number of ether oxygens (including phenoxy) is 1. The minimum Gasteiger partial charge on any atom is -0.486 e. The van der Waals surface area contributed by atoms with Crippen molar-refractivity contribution in [2.75, 3.05) is 11.9 Å². The van der Waals surface area contributed by atoms with Gasteiger partial charge in [-0.2, -0.15) is 0 Å². The van der Waals surface area contributed by atoms with Gasteiger partial charge in [0.25, 0.3) is 11.5 Å². The lowest BCUT2D eigenvalue weighted by molar-refractivity contribution is -0.140. The van der Waals surface area contributed by atoms with E-state index in [1.165, 1.54) is 24.4 Å². The molecule has 0 radical (unpaired) electrons. The van der Waals surface area contributed by atoms with Crippen LogP contribution in [0.15, 0.2) is 109 Å². The van der Waals surface area contributed by atoms with Gasteiger partial charge in [0.1, 0.15) is 30.1 Å². The average Bonchev–Trinajstić information content (AvgIpc) is 2.99. The standard InChI is InChI=1S/C32H29N3O7/c1-2-9-27(31(40)34-26(19-29(37)38)28(36)20-42-24-12-4-3-5-13-24)35-17-8-14-25(32(35)41)33-30(39)23-16-15-21-10-6-7-11-22(21)18-23/h2-8,10-18,26-27H,1,9,19-20H2,(H,33,39)(H,34,40)(H,37,38)/t26-,27?/m0/s1. The number of rotatable bonds is 13. The van der Waals surface area contributed by atoms with Gasteiger partial charge in [0.2, 0.25) is 5.91 Å². The highest BCUT2D eigenvalue weighted by Gasteiger charge is 2.29. The third-order valence-electron chi connectivity index (χ3n) is 6.47. The number of hydrogen-bond donors (Lipinski definition) is 3. The number of hydrogen-bond acceptors (Lipinski definition) is 6. The summed E-state index contributed by atoms with van der Waals surface area (Å²) in [6, 6.07) is 21.5. The number of allylic oxidation sites excluding steroid dienone is 1. The lowest BCUT2D eigenvalue weighted by Crippen LogP contribution is -2.48. The molecule has 4 aromatic rings. The van der Waals surface area contributed by atoms with Crippen LogP contribution in [-0.2, 0) is 14.4 Å². The fraction of sp³-hybridized carbons (Fsp3) is 0.156. The van der Waals surface area contributed by atoms with Gasteiger partial charge in [-0.25, -0.2) is 0 Å². The minimum atomic E-state index is -1.41. The van der Waals surface area contributed by atoms with Crippen molar-refractivity contribution < 1.29 is 29.0 Å². The summed E-state index contributed by atoms with van der Waals surface area (Å²) in [4.78, 5) is 64.0. The van der Waals surface area contributed by atoms with Gasteiger partial charge in [-0.3, -0.25) is 24.0 Å². The van der Waals surface area contributed by atoms with Gasteiger partial charge in [0.05, 0.1) is 6.42 Å². The molecule has 2 atom stereocenters. The number of benzene rings is 3. The van der Waals surface area contributed by atoms with Gasteiger partial charge in [0, 0.05) is 11.8 Å². The zero-order valence-electron chi connectivity index (χ0n) is 22.6. The summed E-state index contributed by atoms with van der Waals surface area (Å²) in [5.74, 6) is -2.83. The van der Waals surface area contributed by atoms with Crippen molar-refractivity contribution in [2.24, 2.45) is 0 Å². The molecule has 0 bridgehead atoms. The summed E-state index contributed by atoms with van der Waals surface area (Å²) in [7, 11) is 0. The number of carbonyl (C=O) groups excluding carboxylic acids is 3. The number of fused-ring (bicyclic) bond motifs is 1. The van der Waals surface area contributed by atoms with E-state index >= 15 is 0 Å². The highest BCUT2D eigenvalue weighted by atomic mass is 16.5. The van der Waals surface area contributed by atoms with E-state index in [0.29, 0.717) is 11.3 Å². The third-order valence-corrected chi connectivity index (χ3v) is 6.47. The summed E-state index contributed by atoms with van der Waals surface area (Å²) < 4.78 is 6.54. The molecule has 214 valence electrons. The molecule has 0 fully saturated rings. The monoisotopic (exact) mass is 567 g/mol. The average molecular weight is 568 g/mol. The van der Waals surface area contributed by atoms with Crippen molar-refractivity contribution in [3.63, 3.8) is 0 Å². The van der Waals surface area contributed by atoms with Crippen molar-refractivity contribution in [3.05, 3.63) is 120 Å². The molecule has 1 heterocycles. The van der Waals surface area contributed by atoms with Gasteiger partial charge in [-0.05, 0) is 53.6 Å². The zero-order chi connectivity index (χ0) is 30.1. The topological polar surface area (TPSA) is 144 Å². The lowest BCUT2D eigenvalue weighted by atomic mass is 10.1. The third kappa shape index (κ3) is 7.36. The van der Waals surface area contributed by atoms with E-state index in [-0.39, 0.29) is 12.1 Å². The maximum absolute atomic E-state index is 13.4. The number of pyridine rings is 1.